The molecule has 3 fully saturated rings. The molecule has 3 aliphatic rings. The molecular weight excluding hydrogens is 582 g/mol. The van der Waals surface area contributed by atoms with Gasteiger partial charge in [0.2, 0.25) is 27.1 Å². The van der Waals surface area contributed by atoms with E-state index in [1.165, 1.54) is 12.3 Å². The van der Waals surface area contributed by atoms with Gasteiger partial charge in [0.05, 0.1) is 5.25 Å². The van der Waals surface area contributed by atoms with Crippen molar-refractivity contribution in [3.05, 3.63) is 53.7 Å². The minimum atomic E-state index is -3.65. The molecule has 42 heavy (non-hydrogen) atoms. The van der Waals surface area contributed by atoms with Crippen LogP contribution in [-0.4, -0.2) is 65.4 Å². The summed E-state index contributed by atoms with van der Waals surface area (Å²) in [5.41, 5.74) is -1.38. The van der Waals surface area contributed by atoms with Crippen LogP contribution in [0.4, 0.5) is 0 Å². The predicted molar refractivity (Wildman–Crippen MR) is 165 cm³/mol. The maximum Gasteiger partial charge on any atom is 0.259 e. The van der Waals surface area contributed by atoms with E-state index in [9.17, 15) is 27.6 Å². The van der Waals surface area contributed by atoms with Gasteiger partial charge in [-0.1, -0.05) is 26.3 Å². The first-order chi connectivity index (χ1) is 20.0. The number of aromatic nitrogens is 2. The molecule has 0 saturated heterocycles. The molecule has 0 aromatic carbocycles. The molecule has 0 bridgehead atoms. The first-order valence-electron chi connectivity index (χ1n) is 14.4. The van der Waals surface area contributed by atoms with E-state index in [4.69, 9.17) is 11.6 Å². The molecule has 1 unspecified atom stereocenters. The molecule has 1 aromatic rings. The highest BCUT2D eigenvalue weighted by Crippen LogP contribution is 2.39. The van der Waals surface area contributed by atoms with E-state index in [-0.39, 0.29) is 28.6 Å². The fourth-order valence-corrected chi connectivity index (χ4v) is 6.02. The second kappa shape index (κ2) is 17.8. The number of nitrogens with zero attached hydrogens (tertiary/aromatic N) is 2. The van der Waals surface area contributed by atoms with Gasteiger partial charge >= 0.3 is 0 Å². The van der Waals surface area contributed by atoms with Crippen molar-refractivity contribution in [1.29, 1.82) is 0 Å². The largest absolute Gasteiger partial charge is 0.346 e. The lowest BCUT2D eigenvalue weighted by molar-refractivity contribution is -0.140. The normalized spacial score (nSPS) is 19.6. The summed E-state index contributed by atoms with van der Waals surface area (Å²) in [6.45, 7) is 14.3. The smallest absolute Gasteiger partial charge is 0.259 e. The monoisotopic (exact) mass is 627 g/mol. The van der Waals surface area contributed by atoms with Crippen molar-refractivity contribution in [1.82, 2.24) is 24.9 Å². The van der Waals surface area contributed by atoms with E-state index in [0.717, 1.165) is 25.7 Å². The van der Waals surface area contributed by atoms with Crippen molar-refractivity contribution in [2.45, 2.75) is 88.8 Å². The maximum atomic E-state index is 12.9. The third-order valence-electron chi connectivity index (χ3n) is 7.08. The second-order valence-corrected chi connectivity index (χ2v) is 12.5. The number of sulfonamides is 1. The van der Waals surface area contributed by atoms with Crippen molar-refractivity contribution in [3.63, 3.8) is 0 Å². The van der Waals surface area contributed by atoms with E-state index < -0.39 is 32.6 Å². The standard InChI is InChI=1S/C21H33N3O5S.C4H3ClN2O.C2H6.C2H4/c1-3-4-5-6-14-24(2)19(26)17-9-7-8-16(17)18(25)22-21(12-13-21)20(27)23-30(28,29)15-10-11-15;5-4-6-2-1-3(8)7-4;2*1-2/h3,15-17H,1,4-14H2,2H3,(H,22,25)(H,23,27);1-2H,(H,6,7,8);1-2H3;1-2H2/t16?,17-;;;/m1.../s1. The Bertz CT molecular complexity index is 1210. The summed E-state index contributed by atoms with van der Waals surface area (Å²) in [4.78, 5) is 56.2. The van der Waals surface area contributed by atoms with Gasteiger partial charge in [-0.2, -0.15) is 0 Å². The van der Waals surface area contributed by atoms with Crippen molar-refractivity contribution >= 4 is 39.3 Å². The molecule has 2 atom stereocenters. The SMILES string of the molecule is C=C.C=CCCCCN(C)C(=O)[C@@H]1CCCC1C(=O)NC1(C(=O)NS(=O)(=O)C2CC2)CC1.CC.O=c1ccnc(Cl)[nH]1. The van der Waals surface area contributed by atoms with Gasteiger partial charge < -0.3 is 10.2 Å². The van der Waals surface area contributed by atoms with Crippen LogP contribution in [0.15, 0.2) is 42.9 Å². The van der Waals surface area contributed by atoms with Crippen LogP contribution in [-0.2, 0) is 24.4 Å². The number of hydrogen-bond acceptors (Lipinski definition) is 7. The Morgan fingerprint density at radius 1 is 1.14 bits per heavy atom. The molecule has 0 aliphatic heterocycles. The summed E-state index contributed by atoms with van der Waals surface area (Å²) >= 11 is 5.28. The first-order valence-corrected chi connectivity index (χ1v) is 16.4. The van der Waals surface area contributed by atoms with E-state index in [2.05, 4.69) is 39.7 Å². The number of nitrogens with one attached hydrogen (secondary N) is 3. The summed E-state index contributed by atoms with van der Waals surface area (Å²) in [6, 6.07) is 1.30. The highest BCUT2D eigenvalue weighted by Gasteiger charge is 2.54. The fraction of sp³-hybridized carbons (Fsp3) is 0.621. The Morgan fingerprint density at radius 2 is 1.76 bits per heavy atom. The number of aromatic amines is 1. The summed E-state index contributed by atoms with van der Waals surface area (Å²) in [7, 11) is -1.88. The molecule has 11 nitrogen and oxygen atoms in total. The minimum absolute atomic E-state index is 0.0307. The van der Waals surface area contributed by atoms with Crippen LogP contribution in [0.25, 0.3) is 0 Å². The van der Waals surface area contributed by atoms with Gasteiger partial charge in [0.15, 0.2) is 0 Å². The van der Waals surface area contributed by atoms with E-state index in [1.807, 2.05) is 19.9 Å². The number of allylic oxidation sites excluding steroid dienone is 1. The van der Waals surface area contributed by atoms with Crippen LogP contribution >= 0.6 is 11.6 Å². The molecule has 0 spiro atoms. The predicted octanol–water partition coefficient (Wildman–Crippen LogP) is 3.73. The number of carbonyl (C=O) groups excluding carboxylic acids is 3. The number of halogens is 1. The number of unbranched alkanes of at least 4 members (excludes halogenated alkanes) is 2. The van der Waals surface area contributed by atoms with Crippen LogP contribution in [0.3, 0.4) is 0 Å². The Labute approximate surface area is 254 Å². The maximum absolute atomic E-state index is 12.9. The zero-order valence-corrected chi connectivity index (χ0v) is 26.6. The Morgan fingerprint density at radius 3 is 2.26 bits per heavy atom. The average molecular weight is 628 g/mol. The van der Waals surface area contributed by atoms with E-state index in [0.29, 0.717) is 45.1 Å². The fourth-order valence-electron chi connectivity index (χ4n) is 4.50. The van der Waals surface area contributed by atoms with Gasteiger partial charge in [0.1, 0.15) is 5.54 Å². The topological polar surface area (TPSA) is 158 Å². The van der Waals surface area contributed by atoms with Crippen LogP contribution in [0, 0.1) is 11.8 Å². The van der Waals surface area contributed by atoms with Gasteiger partial charge in [0, 0.05) is 37.7 Å². The number of hydrogen-bond donors (Lipinski definition) is 3. The van der Waals surface area contributed by atoms with Crippen LogP contribution in [0.5, 0.6) is 0 Å². The molecular formula is C29H46ClN5O6S. The average Bonchev–Trinajstić information content (AvgIpc) is 3.91. The molecule has 236 valence electrons. The summed E-state index contributed by atoms with van der Waals surface area (Å²) in [6.07, 6.45) is 9.98. The van der Waals surface area contributed by atoms with Crippen molar-refractivity contribution < 1.29 is 22.8 Å². The van der Waals surface area contributed by atoms with E-state index >= 15 is 0 Å². The molecule has 1 aromatic heterocycles. The van der Waals surface area contributed by atoms with Crippen LogP contribution in [0.1, 0.15) is 78.1 Å². The van der Waals surface area contributed by atoms with Crippen LogP contribution in [0.2, 0.25) is 5.28 Å². The third kappa shape index (κ3) is 11.4. The summed E-state index contributed by atoms with van der Waals surface area (Å²) < 4.78 is 26.3. The lowest BCUT2D eigenvalue weighted by Crippen LogP contribution is -2.53. The van der Waals surface area contributed by atoms with Crippen molar-refractivity contribution in [2.24, 2.45) is 11.8 Å². The Hall–Kier alpha value is -2.99. The van der Waals surface area contributed by atoms with E-state index in [1.54, 1.807) is 11.9 Å². The molecule has 4 rings (SSSR count). The number of H-pyrrole nitrogens is 1. The molecule has 3 N–H and O–H groups in total. The Kier molecular flexibility index (Phi) is 15.7. The van der Waals surface area contributed by atoms with Crippen molar-refractivity contribution in [2.75, 3.05) is 13.6 Å². The second-order valence-electron chi connectivity index (χ2n) is 10.2. The molecule has 3 amide bonds. The molecule has 0 radical (unpaired) electrons. The van der Waals surface area contributed by atoms with Crippen LogP contribution < -0.4 is 15.6 Å². The molecule has 3 saturated carbocycles. The summed E-state index contributed by atoms with van der Waals surface area (Å²) in [5.74, 6) is -1.86. The number of rotatable bonds is 11. The van der Waals surface area contributed by atoms with Gasteiger partial charge in [-0.25, -0.2) is 13.4 Å². The molecule has 1 heterocycles. The van der Waals surface area contributed by atoms with Gasteiger partial charge in [-0.05, 0) is 69.4 Å². The lowest BCUT2D eigenvalue weighted by Gasteiger charge is -2.26. The number of carbonyl (C=O) groups is 3. The molecule has 3 aliphatic carbocycles. The minimum Gasteiger partial charge on any atom is -0.346 e. The zero-order chi connectivity index (χ0) is 31.9. The van der Waals surface area contributed by atoms with Gasteiger partial charge in [-0.15, -0.1) is 19.7 Å². The summed E-state index contributed by atoms with van der Waals surface area (Å²) in [5, 5.41) is 2.41. The van der Waals surface area contributed by atoms with Gasteiger partial charge in [-0.3, -0.25) is 28.9 Å². The van der Waals surface area contributed by atoms with Crippen molar-refractivity contribution in [3.8, 4) is 0 Å². The highest BCUT2D eigenvalue weighted by molar-refractivity contribution is 7.91. The third-order valence-corrected chi connectivity index (χ3v) is 9.09. The molecule has 13 heteroatoms. The first kappa shape index (κ1) is 37.0. The number of amides is 3. The quantitative estimate of drug-likeness (QED) is 0.192. The van der Waals surface area contributed by atoms with Gasteiger partial charge in [0.25, 0.3) is 11.5 Å². The zero-order valence-electron chi connectivity index (χ0n) is 25.0. The lowest BCUT2D eigenvalue weighted by atomic mass is 9.93. The Balaban J connectivity index is 0.000000620. The highest BCUT2D eigenvalue weighted by atomic mass is 35.5.